The van der Waals surface area contributed by atoms with Crippen LogP contribution >= 0.6 is 11.6 Å². The Hall–Kier alpha value is -5.16. The maximum atomic E-state index is 14.7. The van der Waals surface area contributed by atoms with Crippen LogP contribution in [-0.4, -0.2) is 69.9 Å². The van der Waals surface area contributed by atoms with E-state index < -0.39 is 79.6 Å². The van der Waals surface area contributed by atoms with Crippen molar-refractivity contribution in [2.24, 2.45) is 0 Å². The summed E-state index contributed by atoms with van der Waals surface area (Å²) < 4.78 is 42.0. The second kappa shape index (κ2) is 12.4. The van der Waals surface area contributed by atoms with Gasteiger partial charge in [-0.1, -0.05) is 35.9 Å². The Morgan fingerprint density at radius 3 is 2.53 bits per heavy atom. The first kappa shape index (κ1) is 31.3. The Morgan fingerprint density at radius 1 is 1.16 bits per heavy atom. The number of anilines is 2. The predicted molar refractivity (Wildman–Crippen MR) is 154 cm³/mol. The van der Waals surface area contributed by atoms with E-state index in [2.05, 4.69) is 10.3 Å². The standard InChI is InChI=1S/C30H24ClF3N6O5/c31-22-7-2-1-6-21(22)26(27(43)37-19-12-30(33,34)13-19)39(20-5-3-4-18(32)11-20)28(44)23-15-38(16-25(41)42)29(45)40(23)24-10-17(14-35)8-9-36-24/h1-11,19,23,26H,12-13,15-16H2,(H,37,43)(H,41,42)/t23-,26?/m0/s1. The van der Waals surface area contributed by atoms with Gasteiger partial charge in [0.05, 0.1) is 18.2 Å². The van der Waals surface area contributed by atoms with Crippen LogP contribution in [-0.2, 0) is 14.4 Å². The number of carboxylic acids is 1. The minimum absolute atomic E-state index is 0.0287. The van der Waals surface area contributed by atoms with Crippen LogP contribution in [0.25, 0.3) is 0 Å². The van der Waals surface area contributed by atoms with Crippen molar-refractivity contribution < 1.29 is 37.5 Å². The molecule has 232 valence electrons. The van der Waals surface area contributed by atoms with E-state index >= 15 is 0 Å². The van der Waals surface area contributed by atoms with E-state index in [1.165, 1.54) is 48.7 Å². The summed E-state index contributed by atoms with van der Waals surface area (Å²) in [5.41, 5.74) is 0.0216. The van der Waals surface area contributed by atoms with E-state index in [1.807, 2.05) is 6.07 Å². The lowest BCUT2D eigenvalue weighted by molar-refractivity contribution is -0.137. The highest BCUT2D eigenvalue weighted by Crippen LogP contribution is 2.39. The average Bonchev–Trinajstić information content (AvgIpc) is 3.30. The molecule has 1 unspecified atom stereocenters. The second-order valence-corrected chi connectivity index (χ2v) is 10.9. The van der Waals surface area contributed by atoms with E-state index in [0.29, 0.717) is 0 Å². The van der Waals surface area contributed by atoms with Crippen molar-refractivity contribution in [2.75, 3.05) is 22.9 Å². The number of pyridine rings is 1. The molecular weight excluding hydrogens is 617 g/mol. The lowest BCUT2D eigenvalue weighted by Gasteiger charge is -2.39. The summed E-state index contributed by atoms with van der Waals surface area (Å²) in [5.74, 6) is -7.15. The number of nitriles is 1. The average molecular weight is 641 g/mol. The number of aromatic nitrogens is 1. The molecule has 2 atom stereocenters. The molecule has 15 heteroatoms. The quantitative estimate of drug-likeness (QED) is 0.358. The van der Waals surface area contributed by atoms with Crippen molar-refractivity contribution in [3.05, 3.63) is 88.8 Å². The van der Waals surface area contributed by atoms with Crippen LogP contribution in [0.4, 0.5) is 29.5 Å². The van der Waals surface area contributed by atoms with Crippen molar-refractivity contribution in [1.29, 1.82) is 5.26 Å². The summed E-state index contributed by atoms with van der Waals surface area (Å²) in [7, 11) is 0. The van der Waals surface area contributed by atoms with Crippen molar-refractivity contribution in [3.8, 4) is 6.07 Å². The Bertz CT molecular complexity index is 1710. The Morgan fingerprint density at radius 2 is 1.89 bits per heavy atom. The van der Waals surface area contributed by atoms with Crippen LogP contribution in [0.1, 0.15) is 30.0 Å². The lowest BCUT2D eigenvalue weighted by Crippen LogP contribution is -2.56. The number of alkyl halides is 2. The zero-order valence-electron chi connectivity index (χ0n) is 23.2. The summed E-state index contributed by atoms with van der Waals surface area (Å²) in [6, 6.07) is 10.1. The maximum absolute atomic E-state index is 14.7. The number of hydrogen-bond donors (Lipinski definition) is 2. The molecule has 45 heavy (non-hydrogen) atoms. The number of urea groups is 1. The lowest BCUT2D eigenvalue weighted by atomic mass is 9.87. The number of aliphatic carboxylic acids is 1. The highest BCUT2D eigenvalue weighted by atomic mass is 35.5. The molecular formula is C30H24ClF3N6O5. The first-order valence-electron chi connectivity index (χ1n) is 13.6. The number of hydrogen-bond acceptors (Lipinski definition) is 6. The highest BCUT2D eigenvalue weighted by molar-refractivity contribution is 6.31. The molecule has 1 aromatic heterocycles. The SMILES string of the molecule is N#Cc1ccnc(N2C(=O)N(CC(=O)O)C[C@H]2C(=O)N(c2cccc(F)c2)C(C(=O)NC2CC(F)(F)C2)c2ccccc2Cl)c1. The number of halogens is 4. The molecule has 1 aliphatic heterocycles. The van der Waals surface area contributed by atoms with Crippen molar-refractivity contribution in [1.82, 2.24) is 15.2 Å². The third-order valence-electron chi connectivity index (χ3n) is 7.38. The molecule has 5 rings (SSSR count). The van der Waals surface area contributed by atoms with Crippen LogP contribution in [0.3, 0.4) is 0 Å². The first-order chi connectivity index (χ1) is 21.4. The van der Waals surface area contributed by atoms with Crippen LogP contribution < -0.4 is 15.1 Å². The third kappa shape index (κ3) is 6.53. The molecule has 0 radical (unpaired) electrons. The van der Waals surface area contributed by atoms with Gasteiger partial charge in [0.2, 0.25) is 5.91 Å². The maximum Gasteiger partial charge on any atom is 0.327 e. The molecule has 2 aromatic carbocycles. The van der Waals surface area contributed by atoms with Gasteiger partial charge in [0.15, 0.2) is 0 Å². The van der Waals surface area contributed by atoms with E-state index in [1.54, 1.807) is 6.07 Å². The first-order valence-corrected chi connectivity index (χ1v) is 13.9. The number of carboxylic acid groups (broad SMARTS) is 1. The van der Waals surface area contributed by atoms with Crippen molar-refractivity contribution >= 4 is 46.9 Å². The Labute approximate surface area is 259 Å². The van der Waals surface area contributed by atoms with Crippen LogP contribution in [0.5, 0.6) is 0 Å². The van der Waals surface area contributed by atoms with Gasteiger partial charge in [-0.2, -0.15) is 5.26 Å². The number of nitrogens with zero attached hydrogens (tertiary/aromatic N) is 5. The molecule has 1 saturated heterocycles. The third-order valence-corrected chi connectivity index (χ3v) is 7.73. The molecule has 2 N–H and O–H groups in total. The minimum Gasteiger partial charge on any atom is -0.480 e. The number of amides is 4. The molecule has 2 fully saturated rings. The Balaban J connectivity index is 1.64. The smallest absolute Gasteiger partial charge is 0.327 e. The van der Waals surface area contributed by atoms with Crippen LogP contribution in [0.2, 0.25) is 5.02 Å². The number of carbonyl (C=O) groups is 4. The van der Waals surface area contributed by atoms with Crippen molar-refractivity contribution in [3.63, 3.8) is 0 Å². The molecule has 3 aromatic rings. The second-order valence-electron chi connectivity index (χ2n) is 10.5. The van der Waals surface area contributed by atoms with Gasteiger partial charge in [0.1, 0.15) is 30.3 Å². The van der Waals surface area contributed by atoms with Crippen molar-refractivity contribution in [2.45, 2.75) is 36.9 Å². The normalized spacial score (nSPS) is 18.1. The largest absolute Gasteiger partial charge is 0.480 e. The monoisotopic (exact) mass is 640 g/mol. The van der Waals surface area contributed by atoms with Gasteiger partial charge in [-0.15, -0.1) is 0 Å². The molecule has 11 nitrogen and oxygen atoms in total. The molecule has 4 amide bonds. The Kier molecular flexibility index (Phi) is 8.65. The molecule has 0 bridgehead atoms. The molecule has 2 heterocycles. The van der Waals surface area contributed by atoms with E-state index in [4.69, 9.17) is 11.6 Å². The fourth-order valence-electron chi connectivity index (χ4n) is 5.34. The topological polar surface area (TPSA) is 147 Å². The van der Waals surface area contributed by atoms with Gasteiger partial charge >= 0.3 is 12.0 Å². The van der Waals surface area contributed by atoms with Crippen LogP contribution in [0.15, 0.2) is 66.9 Å². The number of carbonyl (C=O) groups excluding carboxylic acids is 3. The highest BCUT2D eigenvalue weighted by Gasteiger charge is 2.50. The summed E-state index contributed by atoms with van der Waals surface area (Å²) in [5, 5.41) is 21.4. The summed E-state index contributed by atoms with van der Waals surface area (Å²) in [6.07, 6.45) is -0.0308. The molecule has 0 spiro atoms. The van der Waals surface area contributed by atoms with Gasteiger partial charge in [-0.25, -0.2) is 22.9 Å². The zero-order valence-corrected chi connectivity index (χ0v) is 24.0. The molecule has 1 aliphatic carbocycles. The predicted octanol–water partition coefficient (Wildman–Crippen LogP) is 4.13. The van der Waals surface area contributed by atoms with Gasteiger partial charge < -0.3 is 15.3 Å². The fraction of sp³-hybridized carbons (Fsp3) is 0.267. The van der Waals surface area contributed by atoms with E-state index in [-0.39, 0.29) is 27.7 Å². The number of benzene rings is 2. The fourth-order valence-corrected chi connectivity index (χ4v) is 5.58. The van der Waals surface area contributed by atoms with Gasteiger partial charge in [-0.05, 0) is 36.4 Å². The van der Waals surface area contributed by atoms with Crippen LogP contribution in [0, 0.1) is 17.1 Å². The zero-order chi connectivity index (χ0) is 32.5. The van der Waals surface area contributed by atoms with Gasteiger partial charge in [-0.3, -0.25) is 24.2 Å². The van der Waals surface area contributed by atoms with E-state index in [0.717, 1.165) is 26.8 Å². The molecule has 2 aliphatic rings. The number of rotatable bonds is 9. The van der Waals surface area contributed by atoms with Gasteiger partial charge in [0.25, 0.3) is 11.8 Å². The van der Waals surface area contributed by atoms with E-state index in [9.17, 15) is 42.7 Å². The minimum atomic E-state index is -2.97. The summed E-state index contributed by atoms with van der Waals surface area (Å²) in [6.45, 7) is -1.28. The van der Waals surface area contributed by atoms with Gasteiger partial charge in [0, 0.05) is 41.4 Å². The summed E-state index contributed by atoms with van der Waals surface area (Å²) >= 11 is 6.49. The summed E-state index contributed by atoms with van der Waals surface area (Å²) in [4.78, 5) is 60.5. The number of nitrogens with one attached hydrogen (secondary N) is 1. The molecule has 1 saturated carbocycles.